The largest absolute Gasteiger partial charge is 0.480 e. The number of carbonyl (C=O) groups excluding carboxylic acids is 2. The molecule has 0 radical (unpaired) electrons. The minimum Gasteiger partial charge on any atom is -0.480 e. The molecule has 0 aromatic carbocycles. The van der Waals surface area contributed by atoms with Crippen LogP contribution < -0.4 is 0 Å². The van der Waals surface area contributed by atoms with Gasteiger partial charge in [-0.15, -0.1) is 0 Å². The molecule has 0 aromatic heterocycles. The summed E-state index contributed by atoms with van der Waals surface area (Å²) in [4.78, 5) is 35.1. The molecule has 0 aromatic rings. The number of aliphatic carboxylic acids is 1. The lowest BCUT2D eigenvalue weighted by Gasteiger charge is -2.14. The van der Waals surface area contributed by atoms with Crippen LogP contribution in [0, 0.1) is 17.8 Å². The van der Waals surface area contributed by atoms with Gasteiger partial charge < -0.3 is 5.11 Å². The van der Waals surface area contributed by atoms with E-state index in [1.54, 1.807) is 0 Å². The maximum absolute atomic E-state index is 11.8. The van der Waals surface area contributed by atoms with Crippen LogP contribution in [0.1, 0.15) is 26.2 Å². The van der Waals surface area contributed by atoms with E-state index in [1.807, 2.05) is 0 Å². The van der Waals surface area contributed by atoms with Gasteiger partial charge >= 0.3 is 5.97 Å². The van der Waals surface area contributed by atoms with Crippen LogP contribution in [0.2, 0.25) is 0 Å². The van der Waals surface area contributed by atoms with Gasteiger partial charge in [0.15, 0.2) is 0 Å². The Labute approximate surface area is 93.4 Å². The Morgan fingerprint density at radius 3 is 2.19 bits per heavy atom. The van der Waals surface area contributed by atoms with Gasteiger partial charge in [-0.1, -0.05) is 13.3 Å². The molecule has 2 unspecified atom stereocenters. The highest BCUT2D eigenvalue weighted by Gasteiger charge is 2.52. The fraction of sp³-hybridized carbons (Fsp3) is 0.727. The maximum Gasteiger partial charge on any atom is 0.323 e. The number of nitrogens with zero attached hydrogens (tertiary/aromatic N) is 1. The lowest BCUT2D eigenvalue weighted by Crippen LogP contribution is -2.36. The topological polar surface area (TPSA) is 74.7 Å². The van der Waals surface area contributed by atoms with Crippen LogP contribution in [0.3, 0.4) is 0 Å². The van der Waals surface area contributed by atoms with Crippen molar-refractivity contribution in [1.29, 1.82) is 0 Å². The molecule has 1 saturated carbocycles. The first-order valence-corrected chi connectivity index (χ1v) is 5.61. The van der Waals surface area contributed by atoms with E-state index in [1.165, 1.54) is 0 Å². The van der Waals surface area contributed by atoms with Crippen molar-refractivity contribution >= 4 is 17.8 Å². The second-order valence-electron chi connectivity index (χ2n) is 4.62. The van der Waals surface area contributed by atoms with Crippen LogP contribution in [-0.4, -0.2) is 34.3 Å². The third-order valence-corrected chi connectivity index (χ3v) is 3.70. The molecule has 1 N–H and O–H groups in total. The summed E-state index contributed by atoms with van der Waals surface area (Å²) in [6.45, 7) is 1.57. The van der Waals surface area contributed by atoms with Crippen molar-refractivity contribution in [3.8, 4) is 0 Å². The van der Waals surface area contributed by atoms with Gasteiger partial charge in [0.05, 0.1) is 11.8 Å². The lowest BCUT2D eigenvalue weighted by atomic mass is 10.00. The number of hydrogen-bond donors (Lipinski definition) is 1. The van der Waals surface area contributed by atoms with Gasteiger partial charge in [-0.25, -0.2) is 0 Å². The van der Waals surface area contributed by atoms with Gasteiger partial charge in [0.25, 0.3) is 0 Å². The summed E-state index contributed by atoms with van der Waals surface area (Å²) in [5.41, 5.74) is 0. The van der Waals surface area contributed by atoms with E-state index >= 15 is 0 Å². The van der Waals surface area contributed by atoms with Crippen molar-refractivity contribution in [2.24, 2.45) is 17.8 Å². The number of likely N-dealkylation sites (tertiary alicyclic amines) is 1. The summed E-state index contributed by atoms with van der Waals surface area (Å²) in [7, 11) is 0. The van der Waals surface area contributed by atoms with E-state index in [2.05, 4.69) is 6.92 Å². The van der Waals surface area contributed by atoms with Crippen LogP contribution in [-0.2, 0) is 14.4 Å². The quantitative estimate of drug-likeness (QED) is 0.709. The Morgan fingerprint density at radius 1 is 1.31 bits per heavy atom. The minimum absolute atomic E-state index is 0.253. The van der Waals surface area contributed by atoms with Crippen LogP contribution >= 0.6 is 0 Å². The van der Waals surface area contributed by atoms with Crippen LogP contribution in [0.25, 0.3) is 0 Å². The number of carboxylic acid groups (broad SMARTS) is 1. The van der Waals surface area contributed by atoms with Gasteiger partial charge in [-0.2, -0.15) is 0 Å². The predicted molar refractivity (Wildman–Crippen MR) is 54.4 cm³/mol. The van der Waals surface area contributed by atoms with Gasteiger partial charge in [-0.3, -0.25) is 19.3 Å². The van der Waals surface area contributed by atoms with Crippen LogP contribution in [0.15, 0.2) is 0 Å². The van der Waals surface area contributed by atoms with Crippen LogP contribution in [0.5, 0.6) is 0 Å². The molecule has 2 aliphatic rings. The number of carboxylic acids is 1. The summed E-state index contributed by atoms with van der Waals surface area (Å²) >= 11 is 0. The molecular formula is C11H15NO4. The molecule has 1 aliphatic carbocycles. The van der Waals surface area contributed by atoms with Gasteiger partial charge in [0.2, 0.25) is 11.8 Å². The zero-order chi connectivity index (χ0) is 11.9. The highest BCUT2D eigenvalue weighted by Crippen LogP contribution is 2.44. The first-order chi connectivity index (χ1) is 7.54. The standard InChI is InChI=1S/C11H15NO4/c1-2-6-3-7-8(4-6)11(16)12(10(7)15)5-9(13)14/h6-8H,2-5H2,1H3,(H,13,14). The Morgan fingerprint density at radius 2 is 1.81 bits per heavy atom. The average molecular weight is 225 g/mol. The van der Waals surface area contributed by atoms with E-state index in [0.717, 1.165) is 24.2 Å². The van der Waals surface area contributed by atoms with Crippen molar-refractivity contribution in [2.45, 2.75) is 26.2 Å². The smallest absolute Gasteiger partial charge is 0.323 e. The van der Waals surface area contributed by atoms with E-state index < -0.39 is 12.5 Å². The molecule has 16 heavy (non-hydrogen) atoms. The van der Waals surface area contributed by atoms with Crippen LogP contribution in [0.4, 0.5) is 0 Å². The number of hydrogen-bond acceptors (Lipinski definition) is 3. The summed E-state index contributed by atoms with van der Waals surface area (Å²) < 4.78 is 0. The van der Waals surface area contributed by atoms with E-state index in [0.29, 0.717) is 5.92 Å². The normalized spacial score (nSPS) is 33.3. The third kappa shape index (κ3) is 1.60. The maximum atomic E-state index is 11.8. The molecule has 1 heterocycles. The molecule has 88 valence electrons. The summed E-state index contributed by atoms with van der Waals surface area (Å²) in [6.07, 6.45) is 2.45. The van der Waals surface area contributed by atoms with E-state index in [4.69, 9.17) is 5.11 Å². The van der Waals surface area contributed by atoms with Gasteiger partial charge in [-0.05, 0) is 18.8 Å². The molecule has 1 aliphatic heterocycles. The predicted octanol–water partition coefficient (Wildman–Crippen LogP) is 0.492. The first kappa shape index (κ1) is 11.1. The second kappa shape index (κ2) is 3.88. The fourth-order valence-corrected chi connectivity index (χ4v) is 2.82. The Balaban J connectivity index is 2.13. The summed E-state index contributed by atoms with van der Waals surface area (Å²) in [6, 6.07) is 0. The van der Waals surface area contributed by atoms with E-state index in [-0.39, 0.29) is 23.7 Å². The summed E-state index contributed by atoms with van der Waals surface area (Å²) in [5, 5.41) is 8.62. The number of carbonyl (C=O) groups is 3. The highest BCUT2D eigenvalue weighted by atomic mass is 16.4. The van der Waals surface area contributed by atoms with E-state index in [9.17, 15) is 14.4 Å². The SMILES string of the molecule is CCC1CC2C(=O)N(CC(=O)O)C(=O)C2C1. The Hall–Kier alpha value is -1.39. The molecule has 0 bridgehead atoms. The van der Waals surface area contributed by atoms with Crippen molar-refractivity contribution < 1.29 is 19.5 Å². The number of imide groups is 1. The van der Waals surface area contributed by atoms with Crippen molar-refractivity contribution in [2.75, 3.05) is 6.54 Å². The zero-order valence-electron chi connectivity index (χ0n) is 9.18. The lowest BCUT2D eigenvalue weighted by molar-refractivity contribution is -0.149. The third-order valence-electron chi connectivity index (χ3n) is 3.70. The first-order valence-electron chi connectivity index (χ1n) is 5.61. The van der Waals surface area contributed by atoms with Gasteiger partial charge in [0, 0.05) is 0 Å². The Kier molecular flexibility index (Phi) is 2.69. The Bertz CT molecular complexity index is 328. The van der Waals surface area contributed by atoms with Crippen molar-refractivity contribution in [3.05, 3.63) is 0 Å². The molecule has 1 saturated heterocycles. The van der Waals surface area contributed by atoms with Crippen molar-refractivity contribution in [1.82, 2.24) is 4.90 Å². The molecule has 2 rings (SSSR count). The highest BCUT2D eigenvalue weighted by molar-refractivity contribution is 6.07. The fourth-order valence-electron chi connectivity index (χ4n) is 2.82. The number of fused-ring (bicyclic) bond motifs is 1. The number of amides is 2. The average Bonchev–Trinajstić information content (AvgIpc) is 2.74. The molecular weight excluding hydrogens is 210 g/mol. The monoisotopic (exact) mass is 225 g/mol. The second-order valence-corrected chi connectivity index (χ2v) is 4.62. The number of rotatable bonds is 3. The molecule has 2 atom stereocenters. The molecule has 5 heteroatoms. The van der Waals surface area contributed by atoms with Crippen molar-refractivity contribution in [3.63, 3.8) is 0 Å². The minimum atomic E-state index is -1.13. The molecule has 5 nitrogen and oxygen atoms in total. The molecule has 2 fully saturated rings. The molecule has 0 spiro atoms. The zero-order valence-corrected chi connectivity index (χ0v) is 9.18. The summed E-state index contributed by atoms with van der Waals surface area (Å²) in [5.74, 6) is -1.76. The molecule has 2 amide bonds. The van der Waals surface area contributed by atoms with Gasteiger partial charge in [0.1, 0.15) is 6.54 Å².